The molecule has 1 aromatic carbocycles. The van der Waals surface area contributed by atoms with E-state index in [9.17, 15) is 9.59 Å². The zero-order valence-corrected chi connectivity index (χ0v) is 17.4. The van der Waals surface area contributed by atoms with Gasteiger partial charge in [-0.1, -0.05) is 56.0 Å². The molecule has 2 fully saturated rings. The van der Waals surface area contributed by atoms with E-state index in [-0.39, 0.29) is 18.0 Å². The molecule has 3 aliphatic rings. The first-order valence-corrected chi connectivity index (χ1v) is 11.4. The molecule has 2 bridgehead atoms. The van der Waals surface area contributed by atoms with Crippen LogP contribution in [0.5, 0.6) is 0 Å². The SMILES string of the molecule is NC(=O)c1nc(-c2ccccc2)n2c1C[C@@H]1CC[C@H](C2)N1C(=O)CCC1CCCC1. The highest BCUT2D eigenvalue weighted by molar-refractivity contribution is 5.93. The predicted molar refractivity (Wildman–Crippen MR) is 115 cm³/mol. The summed E-state index contributed by atoms with van der Waals surface area (Å²) in [4.78, 5) is 32.2. The summed E-state index contributed by atoms with van der Waals surface area (Å²) in [5.41, 5.74) is 7.92. The number of benzene rings is 1. The minimum Gasteiger partial charge on any atom is -0.364 e. The molecule has 0 unspecified atom stereocenters. The van der Waals surface area contributed by atoms with Crippen molar-refractivity contribution in [2.45, 2.75) is 76.4 Å². The van der Waals surface area contributed by atoms with Gasteiger partial charge < -0.3 is 15.2 Å². The number of hydrogen-bond acceptors (Lipinski definition) is 3. The van der Waals surface area contributed by atoms with Crippen molar-refractivity contribution in [2.75, 3.05) is 0 Å². The lowest BCUT2D eigenvalue weighted by Gasteiger charge is -2.28. The molecule has 1 saturated carbocycles. The third-order valence-corrected chi connectivity index (χ3v) is 7.31. The van der Waals surface area contributed by atoms with Gasteiger partial charge in [-0.3, -0.25) is 9.59 Å². The molecule has 1 saturated heterocycles. The number of amides is 2. The summed E-state index contributed by atoms with van der Waals surface area (Å²) in [5, 5.41) is 0. The molecule has 6 nitrogen and oxygen atoms in total. The Bertz CT molecular complexity index is 946. The molecule has 1 aliphatic carbocycles. The second-order valence-corrected chi connectivity index (χ2v) is 9.15. The minimum atomic E-state index is -0.488. The summed E-state index contributed by atoms with van der Waals surface area (Å²) in [6.45, 7) is 0.686. The van der Waals surface area contributed by atoms with Gasteiger partial charge in [-0.15, -0.1) is 0 Å². The number of rotatable bonds is 5. The van der Waals surface area contributed by atoms with Gasteiger partial charge in [0, 0.05) is 31.0 Å². The highest BCUT2D eigenvalue weighted by Crippen LogP contribution is 2.37. The molecule has 1 aromatic heterocycles. The summed E-state index contributed by atoms with van der Waals surface area (Å²) in [5.74, 6) is 1.31. The summed E-state index contributed by atoms with van der Waals surface area (Å²) >= 11 is 0. The molecule has 2 aromatic rings. The Morgan fingerprint density at radius 3 is 2.50 bits per heavy atom. The highest BCUT2D eigenvalue weighted by Gasteiger charge is 2.42. The van der Waals surface area contributed by atoms with E-state index in [2.05, 4.69) is 14.5 Å². The van der Waals surface area contributed by atoms with Crippen molar-refractivity contribution in [3.63, 3.8) is 0 Å². The van der Waals surface area contributed by atoms with Crippen molar-refractivity contribution in [2.24, 2.45) is 11.7 Å². The molecule has 2 atom stereocenters. The van der Waals surface area contributed by atoms with E-state index in [1.54, 1.807) is 0 Å². The first-order valence-electron chi connectivity index (χ1n) is 11.4. The van der Waals surface area contributed by atoms with Gasteiger partial charge in [-0.25, -0.2) is 4.98 Å². The fourth-order valence-corrected chi connectivity index (χ4v) is 5.83. The van der Waals surface area contributed by atoms with Gasteiger partial charge in [-0.2, -0.15) is 0 Å². The fraction of sp³-hybridized carbons (Fsp3) is 0.542. The van der Waals surface area contributed by atoms with E-state index < -0.39 is 5.91 Å². The molecule has 2 aliphatic heterocycles. The lowest BCUT2D eigenvalue weighted by atomic mass is 10.0. The topological polar surface area (TPSA) is 81.2 Å². The first-order chi connectivity index (χ1) is 14.6. The Kier molecular flexibility index (Phi) is 5.09. The maximum Gasteiger partial charge on any atom is 0.269 e. The van der Waals surface area contributed by atoms with E-state index in [0.717, 1.165) is 42.3 Å². The number of fused-ring (bicyclic) bond motifs is 3. The molecular formula is C24H30N4O2. The van der Waals surface area contributed by atoms with Crippen LogP contribution in [0, 0.1) is 5.92 Å². The Morgan fingerprint density at radius 1 is 1.03 bits per heavy atom. The van der Waals surface area contributed by atoms with Gasteiger partial charge in [0.2, 0.25) is 5.91 Å². The zero-order valence-electron chi connectivity index (χ0n) is 17.4. The third-order valence-electron chi connectivity index (χ3n) is 7.31. The second kappa shape index (κ2) is 7.89. The van der Waals surface area contributed by atoms with Gasteiger partial charge in [0.05, 0.1) is 11.7 Å². The van der Waals surface area contributed by atoms with Gasteiger partial charge in [0.25, 0.3) is 5.91 Å². The van der Waals surface area contributed by atoms with E-state index in [1.165, 1.54) is 25.7 Å². The zero-order chi connectivity index (χ0) is 20.7. The van der Waals surface area contributed by atoms with Gasteiger partial charge >= 0.3 is 0 Å². The maximum absolute atomic E-state index is 13.2. The molecule has 0 spiro atoms. The molecule has 2 N–H and O–H groups in total. The van der Waals surface area contributed by atoms with Gasteiger partial charge in [0.15, 0.2) is 0 Å². The Labute approximate surface area is 177 Å². The van der Waals surface area contributed by atoms with E-state index in [4.69, 9.17) is 5.73 Å². The van der Waals surface area contributed by atoms with Crippen LogP contribution in [-0.2, 0) is 17.8 Å². The molecule has 6 heteroatoms. The number of hydrogen-bond donors (Lipinski definition) is 1. The first kappa shape index (κ1) is 19.3. The summed E-state index contributed by atoms with van der Waals surface area (Å²) in [7, 11) is 0. The van der Waals surface area contributed by atoms with E-state index in [1.807, 2.05) is 30.3 Å². The van der Waals surface area contributed by atoms with Crippen LogP contribution >= 0.6 is 0 Å². The van der Waals surface area contributed by atoms with Crippen LogP contribution < -0.4 is 5.73 Å². The van der Waals surface area contributed by atoms with Crippen LogP contribution in [0.4, 0.5) is 0 Å². The molecule has 30 heavy (non-hydrogen) atoms. The monoisotopic (exact) mass is 406 g/mol. The number of primary amides is 1. The number of carbonyl (C=O) groups excluding carboxylic acids is 2. The van der Waals surface area contributed by atoms with Crippen molar-refractivity contribution >= 4 is 11.8 Å². The Morgan fingerprint density at radius 2 is 1.77 bits per heavy atom. The lowest BCUT2D eigenvalue weighted by Crippen LogP contribution is -2.42. The average molecular weight is 407 g/mol. The van der Waals surface area contributed by atoms with Gasteiger partial charge in [0.1, 0.15) is 11.5 Å². The second-order valence-electron chi connectivity index (χ2n) is 9.15. The fourth-order valence-electron chi connectivity index (χ4n) is 5.83. The Hall–Kier alpha value is -2.63. The lowest BCUT2D eigenvalue weighted by molar-refractivity contribution is -0.134. The van der Waals surface area contributed by atoms with Crippen molar-refractivity contribution in [1.29, 1.82) is 0 Å². The highest BCUT2D eigenvalue weighted by atomic mass is 16.2. The van der Waals surface area contributed by atoms with E-state index >= 15 is 0 Å². The van der Waals surface area contributed by atoms with Crippen LogP contribution in [0.15, 0.2) is 30.3 Å². The molecular weight excluding hydrogens is 376 g/mol. The molecule has 2 amide bonds. The summed E-state index contributed by atoms with van der Waals surface area (Å²) in [6.07, 6.45) is 9.51. The minimum absolute atomic E-state index is 0.144. The van der Waals surface area contributed by atoms with Crippen molar-refractivity contribution < 1.29 is 9.59 Å². The largest absolute Gasteiger partial charge is 0.364 e. The normalized spacial score (nSPS) is 23.4. The predicted octanol–water partition coefficient (Wildman–Crippen LogP) is 3.54. The number of carbonyl (C=O) groups is 2. The third kappa shape index (κ3) is 3.42. The number of aromatic nitrogens is 2. The standard InChI is InChI=1S/C24H30N4O2/c25-23(30)22-20-14-18-11-12-19(28(18)21(29)13-10-16-6-4-5-7-16)15-27(20)24(26-22)17-8-2-1-3-9-17/h1-3,8-9,16,18-19H,4-7,10-15H2,(H2,25,30)/t18-,19+/m0/s1. The molecule has 3 heterocycles. The van der Waals surface area contributed by atoms with Gasteiger partial charge in [-0.05, 0) is 25.2 Å². The number of nitrogens with zero attached hydrogens (tertiary/aromatic N) is 3. The van der Waals surface area contributed by atoms with Crippen molar-refractivity contribution in [1.82, 2.24) is 14.5 Å². The molecule has 158 valence electrons. The summed E-state index contributed by atoms with van der Waals surface area (Å²) in [6, 6.07) is 10.3. The van der Waals surface area contributed by atoms with Crippen molar-refractivity contribution in [3.05, 3.63) is 41.7 Å². The number of imidazole rings is 1. The molecule has 0 radical (unpaired) electrons. The van der Waals surface area contributed by atoms with E-state index in [0.29, 0.717) is 25.1 Å². The van der Waals surface area contributed by atoms with Crippen LogP contribution in [0.25, 0.3) is 11.4 Å². The maximum atomic E-state index is 13.2. The van der Waals surface area contributed by atoms with Crippen LogP contribution in [0.1, 0.15) is 67.5 Å². The smallest absolute Gasteiger partial charge is 0.269 e. The average Bonchev–Trinajstić information content (AvgIpc) is 3.44. The number of nitrogens with two attached hydrogens (primary N) is 1. The molecule has 5 rings (SSSR count). The quantitative estimate of drug-likeness (QED) is 0.825. The van der Waals surface area contributed by atoms with Crippen LogP contribution in [0.3, 0.4) is 0 Å². The van der Waals surface area contributed by atoms with Crippen LogP contribution in [-0.4, -0.2) is 38.3 Å². The van der Waals surface area contributed by atoms with Crippen LogP contribution in [0.2, 0.25) is 0 Å². The van der Waals surface area contributed by atoms with Crippen molar-refractivity contribution in [3.8, 4) is 11.4 Å². The Balaban J connectivity index is 1.43. The summed E-state index contributed by atoms with van der Waals surface area (Å²) < 4.78 is 2.15.